The van der Waals surface area contributed by atoms with Crippen molar-refractivity contribution < 1.29 is 4.79 Å². The van der Waals surface area contributed by atoms with Crippen molar-refractivity contribution in [3.8, 4) is 0 Å². The Morgan fingerprint density at radius 3 is 2.52 bits per heavy atom. The largest absolute Gasteiger partial charge is 0.324 e. The highest BCUT2D eigenvalue weighted by Gasteiger charge is 2.20. The lowest BCUT2D eigenvalue weighted by molar-refractivity contribution is -0.120. The SMILES string of the molecule is Cc1cccc(C)c1NC(=O)[C@H](C)N(C)Cc1nc2ccccc2c(=O)[nH]1. The maximum atomic E-state index is 12.7. The highest BCUT2D eigenvalue weighted by Crippen LogP contribution is 2.20. The average Bonchev–Trinajstić information content (AvgIpc) is 2.64. The summed E-state index contributed by atoms with van der Waals surface area (Å²) in [5, 5.41) is 3.57. The number of fused-ring (bicyclic) bond motifs is 1. The highest BCUT2D eigenvalue weighted by molar-refractivity contribution is 5.95. The van der Waals surface area contributed by atoms with Crippen LogP contribution in [0.4, 0.5) is 5.69 Å². The quantitative estimate of drug-likeness (QED) is 0.729. The van der Waals surface area contributed by atoms with Gasteiger partial charge in [-0.05, 0) is 51.1 Å². The van der Waals surface area contributed by atoms with Crippen LogP contribution in [0, 0.1) is 13.8 Å². The van der Waals surface area contributed by atoms with Crippen LogP contribution in [0.2, 0.25) is 0 Å². The molecule has 1 aromatic heterocycles. The first-order valence-electron chi connectivity index (χ1n) is 8.92. The van der Waals surface area contributed by atoms with Gasteiger partial charge in [0.1, 0.15) is 5.82 Å². The van der Waals surface area contributed by atoms with E-state index in [9.17, 15) is 9.59 Å². The van der Waals surface area contributed by atoms with Gasteiger partial charge in [-0.3, -0.25) is 14.5 Å². The van der Waals surface area contributed by atoms with E-state index in [2.05, 4.69) is 15.3 Å². The van der Waals surface area contributed by atoms with Crippen LogP contribution in [-0.2, 0) is 11.3 Å². The molecule has 0 saturated carbocycles. The van der Waals surface area contributed by atoms with E-state index < -0.39 is 0 Å². The molecule has 140 valence electrons. The van der Waals surface area contributed by atoms with Gasteiger partial charge in [-0.25, -0.2) is 4.98 Å². The fourth-order valence-corrected chi connectivity index (χ4v) is 3.02. The molecule has 2 aromatic carbocycles. The third-order valence-corrected chi connectivity index (χ3v) is 4.83. The molecule has 0 bridgehead atoms. The zero-order valence-corrected chi connectivity index (χ0v) is 16.0. The Morgan fingerprint density at radius 2 is 1.81 bits per heavy atom. The number of hydrogen-bond acceptors (Lipinski definition) is 4. The first-order chi connectivity index (χ1) is 12.9. The zero-order valence-electron chi connectivity index (χ0n) is 16.0. The molecule has 1 amide bonds. The second kappa shape index (κ2) is 7.72. The van der Waals surface area contributed by atoms with Crippen molar-refractivity contribution in [3.63, 3.8) is 0 Å². The molecule has 0 aliphatic heterocycles. The van der Waals surface area contributed by atoms with Gasteiger partial charge < -0.3 is 10.3 Å². The van der Waals surface area contributed by atoms with Crippen molar-refractivity contribution in [1.82, 2.24) is 14.9 Å². The van der Waals surface area contributed by atoms with Gasteiger partial charge in [0.2, 0.25) is 5.91 Å². The lowest BCUT2D eigenvalue weighted by Gasteiger charge is -2.24. The molecule has 1 atom stereocenters. The fourth-order valence-electron chi connectivity index (χ4n) is 3.02. The number of carbonyl (C=O) groups excluding carboxylic acids is 1. The molecule has 27 heavy (non-hydrogen) atoms. The molecule has 0 aliphatic carbocycles. The normalized spacial score (nSPS) is 12.3. The molecular weight excluding hydrogens is 340 g/mol. The lowest BCUT2D eigenvalue weighted by Crippen LogP contribution is -2.40. The van der Waals surface area contributed by atoms with Crippen molar-refractivity contribution in [2.45, 2.75) is 33.4 Å². The van der Waals surface area contributed by atoms with E-state index in [4.69, 9.17) is 0 Å². The molecular formula is C21H24N4O2. The molecule has 0 fully saturated rings. The molecule has 3 rings (SSSR count). The molecule has 6 nitrogen and oxygen atoms in total. The van der Waals surface area contributed by atoms with Gasteiger partial charge >= 0.3 is 0 Å². The van der Waals surface area contributed by atoms with Crippen LogP contribution in [-0.4, -0.2) is 33.9 Å². The summed E-state index contributed by atoms with van der Waals surface area (Å²) >= 11 is 0. The number of aryl methyl sites for hydroxylation is 2. The molecule has 0 radical (unpaired) electrons. The maximum Gasteiger partial charge on any atom is 0.258 e. The van der Waals surface area contributed by atoms with E-state index in [1.165, 1.54) is 0 Å². The first kappa shape index (κ1) is 18.8. The number of nitrogens with one attached hydrogen (secondary N) is 2. The number of rotatable bonds is 5. The fraction of sp³-hybridized carbons (Fsp3) is 0.286. The van der Waals surface area contributed by atoms with E-state index in [1.807, 2.05) is 69.1 Å². The molecule has 6 heteroatoms. The second-order valence-electron chi connectivity index (χ2n) is 6.88. The van der Waals surface area contributed by atoms with Crippen LogP contribution < -0.4 is 10.9 Å². The van der Waals surface area contributed by atoms with Gasteiger partial charge in [-0.2, -0.15) is 0 Å². The van der Waals surface area contributed by atoms with Gasteiger partial charge in [0.05, 0.1) is 23.5 Å². The maximum absolute atomic E-state index is 12.7. The second-order valence-corrected chi connectivity index (χ2v) is 6.88. The molecule has 0 unspecified atom stereocenters. The number of amides is 1. The van der Waals surface area contributed by atoms with E-state index in [1.54, 1.807) is 6.07 Å². The molecule has 0 saturated heterocycles. The number of hydrogen-bond donors (Lipinski definition) is 2. The highest BCUT2D eigenvalue weighted by atomic mass is 16.2. The van der Waals surface area contributed by atoms with Crippen molar-refractivity contribution in [2.75, 3.05) is 12.4 Å². The monoisotopic (exact) mass is 364 g/mol. The number of aromatic nitrogens is 2. The molecule has 3 aromatic rings. The van der Waals surface area contributed by atoms with E-state index >= 15 is 0 Å². The molecule has 2 N–H and O–H groups in total. The van der Waals surface area contributed by atoms with Crippen molar-refractivity contribution in [3.05, 3.63) is 69.8 Å². The summed E-state index contributed by atoms with van der Waals surface area (Å²) in [4.78, 5) is 34.1. The van der Waals surface area contributed by atoms with Crippen molar-refractivity contribution in [2.24, 2.45) is 0 Å². The Balaban J connectivity index is 1.75. The lowest BCUT2D eigenvalue weighted by atomic mass is 10.1. The van der Waals surface area contributed by atoms with Crippen LogP contribution in [0.1, 0.15) is 23.9 Å². The van der Waals surface area contributed by atoms with E-state index in [0.717, 1.165) is 16.8 Å². The molecule has 0 aliphatic rings. The molecule has 0 spiro atoms. The minimum Gasteiger partial charge on any atom is -0.324 e. The van der Waals surface area contributed by atoms with Crippen molar-refractivity contribution in [1.29, 1.82) is 0 Å². The average molecular weight is 364 g/mol. The smallest absolute Gasteiger partial charge is 0.258 e. The summed E-state index contributed by atoms with van der Waals surface area (Å²) < 4.78 is 0. The summed E-state index contributed by atoms with van der Waals surface area (Å²) in [6.45, 7) is 6.14. The minimum atomic E-state index is -0.388. The number of nitrogens with zero attached hydrogens (tertiary/aromatic N) is 2. The van der Waals surface area contributed by atoms with Crippen LogP contribution in [0.3, 0.4) is 0 Å². The number of aromatic amines is 1. The summed E-state index contributed by atoms with van der Waals surface area (Å²) in [7, 11) is 1.84. The number of benzene rings is 2. The van der Waals surface area contributed by atoms with Gasteiger partial charge in [-0.1, -0.05) is 30.3 Å². The number of H-pyrrole nitrogens is 1. The van der Waals surface area contributed by atoms with E-state index in [0.29, 0.717) is 23.3 Å². The Morgan fingerprint density at radius 1 is 1.15 bits per heavy atom. The third kappa shape index (κ3) is 4.06. The summed E-state index contributed by atoms with van der Waals surface area (Å²) in [6.07, 6.45) is 0. The summed E-state index contributed by atoms with van der Waals surface area (Å²) in [6, 6.07) is 12.7. The predicted molar refractivity (Wildman–Crippen MR) is 108 cm³/mol. The number of anilines is 1. The van der Waals surface area contributed by atoms with Crippen LogP contribution in [0.15, 0.2) is 47.3 Å². The Kier molecular flexibility index (Phi) is 5.37. The van der Waals surface area contributed by atoms with Gasteiger partial charge in [0.15, 0.2) is 0 Å². The number of carbonyl (C=O) groups is 1. The topological polar surface area (TPSA) is 78.1 Å². The number of likely N-dealkylation sites (N-methyl/N-ethyl adjacent to an activating group) is 1. The van der Waals surface area contributed by atoms with Gasteiger partial charge in [0.25, 0.3) is 5.56 Å². The van der Waals surface area contributed by atoms with Crippen LogP contribution in [0.25, 0.3) is 10.9 Å². The zero-order chi connectivity index (χ0) is 19.6. The van der Waals surface area contributed by atoms with Gasteiger partial charge in [0, 0.05) is 5.69 Å². The molecule has 1 heterocycles. The standard InChI is InChI=1S/C21H24N4O2/c1-13-8-7-9-14(2)19(13)24-20(26)15(3)25(4)12-18-22-17-11-6-5-10-16(17)21(27)23-18/h5-11,15H,12H2,1-4H3,(H,24,26)(H,22,23,27)/t15-/m0/s1. The first-order valence-corrected chi connectivity index (χ1v) is 8.92. The minimum absolute atomic E-state index is 0.0990. The van der Waals surface area contributed by atoms with E-state index in [-0.39, 0.29) is 17.5 Å². The Bertz CT molecular complexity index is 1020. The van der Waals surface area contributed by atoms with Crippen LogP contribution >= 0.6 is 0 Å². The summed E-state index contributed by atoms with van der Waals surface area (Å²) in [5.74, 6) is 0.436. The Hall–Kier alpha value is -2.99. The van der Waals surface area contributed by atoms with Crippen molar-refractivity contribution >= 4 is 22.5 Å². The Labute approximate surface area is 158 Å². The summed E-state index contributed by atoms with van der Waals surface area (Å²) in [5.41, 5.74) is 3.38. The number of para-hydroxylation sites is 2. The third-order valence-electron chi connectivity index (χ3n) is 4.83. The van der Waals surface area contributed by atoms with Gasteiger partial charge in [-0.15, -0.1) is 0 Å². The predicted octanol–water partition coefficient (Wildman–Crippen LogP) is 3.00. The van der Waals surface area contributed by atoms with Crippen LogP contribution in [0.5, 0.6) is 0 Å².